The Kier molecular flexibility index (Phi) is 7.90. The second-order valence-corrected chi connectivity index (χ2v) is 8.32. The predicted octanol–water partition coefficient (Wildman–Crippen LogP) is 3.61. The first-order chi connectivity index (χ1) is 11.9. The van der Waals surface area contributed by atoms with E-state index in [1.165, 1.54) is 13.8 Å². The van der Waals surface area contributed by atoms with Crippen LogP contribution in [0.3, 0.4) is 0 Å². The number of alkyl halides is 2. The van der Waals surface area contributed by atoms with Crippen LogP contribution < -0.4 is 0 Å². The van der Waals surface area contributed by atoms with Gasteiger partial charge in [0, 0.05) is 35.8 Å². The van der Waals surface area contributed by atoms with Crippen molar-refractivity contribution in [2.75, 3.05) is 6.61 Å². The van der Waals surface area contributed by atoms with Crippen LogP contribution in [0, 0.1) is 5.92 Å². The van der Waals surface area contributed by atoms with E-state index in [0.717, 1.165) is 5.56 Å². The van der Waals surface area contributed by atoms with Crippen LogP contribution in [0.15, 0.2) is 30.3 Å². The van der Waals surface area contributed by atoms with Crippen LogP contribution in [0.1, 0.15) is 25.8 Å². The van der Waals surface area contributed by atoms with Crippen LogP contribution in [-0.2, 0) is 30.4 Å². The normalized spacial score (nSPS) is 29.0. The third-order valence-electron chi connectivity index (χ3n) is 4.04. The number of esters is 2. The van der Waals surface area contributed by atoms with E-state index in [1.54, 1.807) is 0 Å². The molecule has 5 nitrogen and oxygen atoms in total. The van der Waals surface area contributed by atoms with E-state index in [1.807, 2.05) is 30.3 Å². The van der Waals surface area contributed by atoms with E-state index < -0.39 is 18.2 Å². The van der Waals surface area contributed by atoms with E-state index in [-0.39, 0.29) is 21.5 Å². The van der Waals surface area contributed by atoms with Gasteiger partial charge in [-0.25, -0.2) is 0 Å². The number of carbonyl (C=O) groups excluding carboxylic acids is 2. The fourth-order valence-corrected chi connectivity index (χ4v) is 4.40. The molecule has 0 radical (unpaired) electrons. The smallest absolute Gasteiger partial charge is 0.303 e. The van der Waals surface area contributed by atoms with E-state index in [4.69, 9.17) is 14.2 Å². The molecule has 0 bridgehead atoms. The van der Waals surface area contributed by atoms with Crippen LogP contribution in [-0.4, -0.2) is 40.4 Å². The summed E-state index contributed by atoms with van der Waals surface area (Å²) in [6.07, 6.45) is -0.483. The van der Waals surface area contributed by atoms with Gasteiger partial charge >= 0.3 is 11.9 Å². The van der Waals surface area contributed by atoms with Crippen LogP contribution in [0.2, 0.25) is 0 Å². The summed E-state index contributed by atoms with van der Waals surface area (Å²) in [4.78, 5) is 23.1. The standard InChI is InChI=1S/C18H22Br2O5/c1-11(21)24-16-8-15(19)17(20)14(18(16)25-12(2)22)10-23-9-13-6-4-3-5-7-13/h3-7,14-18H,8-10H2,1-2H3/t14?,15?,16-,17?,18-/m1/s1. The largest absolute Gasteiger partial charge is 0.459 e. The molecule has 7 heteroatoms. The summed E-state index contributed by atoms with van der Waals surface area (Å²) in [6, 6.07) is 9.85. The number of ether oxygens (including phenoxy) is 3. The fraction of sp³-hybridized carbons (Fsp3) is 0.556. The van der Waals surface area contributed by atoms with Gasteiger partial charge in [0.1, 0.15) is 12.2 Å². The minimum Gasteiger partial charge on any atom is -0.459 e. The van der Waals surface area contributed by atoms with Gasteiger partial charge in [-0.05, 0) is 5.56 Å². The summed E-state index contributed by atoms with van der Waals surface area (Å²) in [5.41, 5.74) is 1.07. The Balaban J connectivity index is 2.07. The van der Waals surface area contributed by atoms with Crippen molar-refractivity contribution in [1.82, 2.24) is 0 Å². The van der Waals surface area contributed by atoms with Gasteiger partial charge in [-0.15, -0.1) is 0 Å². The lowest BCUT2D eigenvalue weighted by molar-refractivity contribution is -0.176. The van der Waals surface area contributed by atoms with Gasteiger partial charge in [0.2, 0.25) is 0 Å². The van der Waals surface area contributed by atoms with Crippen molar-refractivity contribution in [1.29, 1.82) is 0 Å². The zero-order valence-electron chi connectivity index (χ0n) is 14.2. The van der Waals surface area contributed by atoms with E-state index in [0.29, 0.717) is 19.6 Å². The molecule has 0 aliphatic heterocycles. The Morgan fingerprint density at radius 2 is 1.72 bits per heavy atom. The quantitative estimate of drug-likeness (QED) is 0.462. The molecule has 1 saturated carbocycles. The number of carbonyl (C=O) groups is 2. The second-order valence-electron chi connectivity index (χ2n) is 6.08. The van der Waals surface area contributed by atoms with Crippen molar-refractivity contribution in [2.45, 2.75) is 48.7 Å². The second kappa shape index (κ2) is 9.69. The van der Waals surface area contributed by atoms with Gasteiger partial charge in [0.05, 0.1) is 13.2 Å². The molecule has 1 aromatic rings. The highest BCUT2D eigenvalue weighted by molar-refractivity contribution is 9.12. The number of rotatable bonds is 6. The first-order valence-corrected chi connectivity index (χ1v) is 9.96. The molecular weight excluding hydrogens is 456 g/mol. The van der Waals surface area contributed by atoms with E-state index in [2.05, 4.69) is 31.9 Å². The Bertz CT molecular complexity index is 580. The zero-order chi connectivity index (χ0) is 18.4. The Morgan fingerprint density at radius 3 is 2.32 bits per heavy atom. The summed E-state index contributed by atoms with van der Waals surface area (Å²) in [6.45, 7) is 3.56. The molecule has 0 heterocycles. The van der Waals surface area contributed by atoms with Gasteiger partial charge in [-0.1, -0.05) is 62.2 Å². The maximum Gasteiger partial charge on any atom is 0.303 e. The van der Waals surface area contributed by atoms with Crippen LogP contribution in [0.4, 0.5) is 0 Å². The summed E-state index contributed by atoms with van der Waals surface area (Å²) in [5, 5.41) is 0. The van der Waals surface area contributed by atoms with Crippen molar-refractivity contribution in [3.63, 3.8) is 0 Å². The molecule has 1 aliphatic carbocycles. The average Bonchev–Trinajstić information content (AvgIpc) is 2.55. The van der Waals surface area contributed by atoms with Crippen LogP contribution in [0.25, 0.3) is 0 Å². The van der Waals surface area contributed by atoms with Crippen LogP contribution in [0.5, 0.6) is 0 Å². The van der Waals surface area contributed by atoms with E-state index >= 15 is 0 Å². The monoisotopic (exact) mass is 476 g/mol. The minimum atomic E-state index is -0.546. The Labute approximate surface area is 164 Å². The third kappa shape index (κ3) is 6.08. The molecule has 0 saturated heterocycles. The molecule has 0 aromatic heterocycles. The van der Waals surface area contributed by atoms with Gasteiger partial charge in [-0.3, -0.25) is 9.59 Å². The molecule has 0 amide bonds. The van der Waals surface area contributed by atoms with Crippen molar-refractivity contribution >= 4 is 43.8 Å². The first-order valence-electron chi connectivity index (χ1n) is 8.12. The summed E-state index contributed by atoms with van der Waals surface area (Å²) >= 11 is 7.29. The molecule has 0 N–H and O–H groups in total. The fourth-order valence-electron chi connectivity index (χ4n) is 2.97. The number of hydrogen-bond donors (Lipinski definition) is 0. The van der Waals surface area contributed by atoms with Gasteiger partial charge in [0.15, 0.2) is 0 Å². The van der Waals surface area contributed by atoms with Gasteiger partial charge in [0.25, 0.3) is 0 Å². The summed E-state index contributed by atoms with van der Waals surface area (Å²) in [7, 11) is 0. The number of halogens is 2. The predicted molar refractivity (Wildman–Crippen MR) is 101 cm³/mol. The van der Waals surface area contributed by atoms with E-state index in [9.17, 15) is 9.59 Å². The maximum absolute atomic E-state index is 11.5. The van der Waals surface area contributed by atoms with Gasteiger partial charge in [-0.2, -0.15) is 0 Å². The SMILES string of the molecule is CC(=O)O[C@@H]1C(COCc2ccccc2)C(Br)C(Br)C[C@H]1OC(C)=O. The maximum atomic E-state index is 11.5. The molecule has 138 valence electrons. The Hall–Kier alpha value is -0.920. The average molecular weight is 478 g/mol. The topological polar surface area (TPSA) is 61.8 Å². The lowest BCUT2D eigenvalue weighted by Gasteiger charge is -2.41. The highest BCUT2D eigenvalue weighted by Crippen LogP contribution is 2.38. The molecule has 1 fully saturated rings. The lowest BCUT2D eigenvalue weighted by atomic mass is 9.84. The molecule has 0 spiro atoms. The van der Waals surface area contributed by atoms with Gasteiger partial charge < -0.3 is 14.2 Å². The Morgan fingerprint density at radius 1 is 1.08 bits per heavy atom. The lowest BCUT2D eigenvalue weighted by Crippen LogP contribution is -2.53. The first kappa shape index (κ1) is 20.4. The number of benzene rings is 1. The molecular formula is C18H22Br2O5. The highest BCUT2D eigenvalue weighted by Gasteiger charge is 2.46. The molecule has 2 rings (SSSR count). The zero-order valence-corrected chi connectivity index (χ0v) is 17.4. The van der Waals surface area contributed by atoms with Crippen molar-refractivity contribution in [3.05, 3.63) is 35.9 Å². The molecule has 25 heavy (non-hydrogen) atoms. The molecule has 3 unspecified atom stereocenters. The molecule has 1 aromatic carbocycles. The van der Waals surface area contributed by atoms with Crippen molar-refractivity contribution < 1.29 is 23.8 Å². The summed E-state index contributed by atoms with van der Waals surface area (Å²) in [5.74, 6) is -0.933. The number of hydrogen-bond acceptors (Lipinski definition) is 5. The van der Waals surface area contributed by atoms with Crippen LogP contribution >= 0.6 is 31.9 Å². The highest BCUT2D eigenvalue weighted by atomic mass is 79.9. The summed E-state index contributed by atoms with van der Waals surface area (Å²) < 4.78 is 16.7. The molecule has 1 aliphatic rings. The van der Waals surface area contributed by atoms with Crippen molar-refractivity contribution in [3.8, 4) is 0 Å². The minimum absolute atomic E-state index is 0.0273. The van der Waals surface area contributed by atoms with Crippen molar-refractivity contribution in [2.24, 2.45) is 5.92 Å². The third-order valence-corrected chi connectivity index (χ3v) is 7.01. The molecule has 5 atom stereocenters.